The summed E-state index contributed by atoms with van der Waals surface area (Å²) in [4.78, 5) is 11.7. The molecule has 0 spiro atoms. The fraction of sp³-hybridized carbons (Fsp3) is 0.833. The van der Waals surface area contributed by atoms with E-state index in [0.29, 0.717) is 19.6 Å². The van der Waals surface area contributed by atoms with Crippen LogP contribution in [-0.2, 0) is 0 Å². The standard InChI is InChI=1S/C6H12N2O3/c9-4-5-3-8(6(10)11)2-1-7-5/h5,7,9H,1-4H2,(H,10,11). The van der Waals surface area contributed by atoms with Crippen molar-refractivity contribution in [1.82, 2.24) is 10.2 Å². The molecule has 1 rings (SSSR count). The summed E-state index contributed by atoms with van der Waals surface area (Å²) in [6.07, 6.45) is -0.912. The summed E-state index contributed by atoms with van der Waals surface area (Å²) in [5, 5.41) is 20.3. The molecule has 0 aromatic rings. The summed E-state index contributed by atoms with van der Waals surface area (Å²) >= 11 is 0. The largest absolute Gasteiger partial charge is 0.465 e. The molecule has 3 N–H and O–H groups in total. The first-order valence-corrected chi connectivity index (χ1v) is 3.56. The van der Waals surface area contributed by atoms with Gasteiger partial charge in [0.05, 0.1) is 6.61 Å². The van der Waals surface area contributed by atoms with Crippen LogP contribution in [0.3, 0.4) is 0 Å². The average molecular weight is 160 g/mol. The van der Waals surface area contributed by atoms with Crippen LogP contribution in [0.2, 0.25) is 0 Å². The molecule has 0 bridgehead atoms. The van der Waals surface area contributed by atoms with Crippen molar-refractivity contribution in [2.75, 3.05) is 26.2 Å². The lowest BCUT2D eigenvalue weighted by atomic mass is 10.2. The molecule has 11 heavy (non-hydrogen) atoms. The Kier molecular flexibility index (Phi) is 2.67. The van der Waals surface area contributed by atoms with Gasteiger partial charge in [-0.3, -0.25) is 0 Å². The monoisotopic (exact) mass is 160 g/mol. The van der Waals surface area contributed by atoms with Gasteiger partial charge in [0.15, 0.2) is 0 Å². The molecule has 0 aliphatic carbocycles. The van der Waals surface area contributed by atoms with E-state index < -0.39 is 6.09 Å². The van der Waals surface area contributed by atoms with Crippen LogP contribution in [0.15, 0.2) is 0 Å². The molecule has 1 unspecified atom stereocenters. The summed E-state index contributed by atoms with van der Waals surface area (Å²) in [6.45, 7) is 1.50. The zero-order valence-corrected chi connectivity index (χ0v) is 6.16. The summed E-state index contributed by atoms with van der Waals surface area (Å²) in [6, 6.07) is -0.0974. The van der Waals surface area contributed by atoms with Crippen LogP contribution in [0.4, 0.5) is 4.79 Å². The zero-order chi connectivity index (χ0) is 8.27. The first-order chi connectivity index (χ1) is 5.24. The van der Waals surface area contributed by atoms with Crippen LogP contribution < -0.4 is 5.32 Å². The molecule has 1 saturated heterocycles. The second kappa shape index (κ2) is 3.54. The van der Waals surface area contributed by atoms with Gasteiger partial charge in [-0.1, -0.05) is 0 Å². The maximum atomic E-state index is 10.4. The minimum atomic E-state index is -0.912. The van der Waals surface area contributed by atoms with Gasteiger partial charge in [0, 0.05) is 25.7 Å². The number of nitrogens with zero attached hydrogens (tertiary/aromatic N) is 1. The van der Waals surface area contributed by atoms with Crippen molar-refractivity contribution < 1.29 is 15.0 Å². The highest BCUT2D eigenvalue weighted by atomic mass is 16.4. The molecule has 64 valence electrons. The zero-order valence-electron chi connectivity index (χ0n) is 6.16. The van der Waals surface area contributed by atoms with Crippen molar-refractivity contribution in [3.63, 3.8) is 0 Å². The topological polar surface area (TPSA) is 72.8 Å². The number of hydrogen-bond acceptors (Lipinski definition) is 3. The Labute approximate surface area is 64.6 Å². The van der Waals surface area contributed by atoms with Gasteiger partial charge in [0.25, 0.3) is 0 Å². The van der Waals surface area contributed by atoms with E-state index in [4.69, 9.17) is 10.2 Å². The van der Waals surface area contributed by atoms with E-state index in [9.17, 15) is 4.79 Å². The third kappa shape index (κ3) is 2.06. The number of carbonyl (C=O) groups is 1. The SMILES string of the molecule is O=C(O)N1CCNC(CO)C1. The average Bonchev–Trinajstić information content (AvgIpc) is 2.05. The predicted octanol–water partition coefficient (Wildman–Crippen LogP) is -1.07. The number of aliphatic hydroxyl groups excluding tert-OH is 1. The minimum Gasteiger partial charge on any atom is -0.465 e. The molecule has 0 aromatic heterocycles. The number of piperazine rings is 1. The van der Waals surface area contributed by atoms with E-state index in [-0.39, 0.29) is 12.6 Å². The maximum Gasteiger partial charge on any atom is 0.407 e. The second-order valence-corrected chi connectivity index (χ2v) is 2.56. The molecule has 1 aliphatic heterocycles. The number of aliphatic hydroxyl groups is 1. The molecule has 1 atom stereocenters. The first kappa shape index (κ1) is 8.29. The number of carboxylic acid groups (broad SMARTS) is 1. The van der Waals surface area contributed by atoms with E-state index in [1.807, 2.05) is 0 Å². The van der Waals surface area contributed by atoms with Crippen molar-refractivity contribution in [2.45, 2.75) is 6.04 Å². The molecule has 1 aliphatic rings. The van der Waals surface area contributed by atoms with Crippen LogP contribution in [0.25, 0.3) is 0 Å². The molecule has 0 aromatic carbocycles. The van der Waals surface area contributed by atoms with Crippen LogP contribution in [-0.4, -0.2) is 53.5 Å². The predicted molar refractivity (Wildman–Crippen MR) is 38.5 cm³/mol. The molecule has 1 heterocycles. The Morgan fingerprint density at radius 1 is 1.73 bits per heavy atom. The van der Waals surface area contributed by atoms with Crippen molar-refractivity contribution in [2.24, 2.45) is 0 Å². The number of rotatable bonds is 1. The van der Waals surface area contributed by atoms with Gasteiger partial charge >= 0.3 is 6.09 Å². The van der Waals surface area contributed by atoms with Crippen molar-refractivity contribution >= 4 is 6.09 Å². The molecular weight excluding hydrogens is 148 g/mol. The maximum absolute atomic E-state index is 10.4. The Hall–Kier alpha value is -0.810. The van der Waals surface area contributed by atoms with Gasteiger partial charge < -0.3 is 20.4 Å². The van der Waals surface area contributed by atoms with E-state index >= 15 is 0 Å². The van der Waals surface area contributed by atoms with E-state index in [0.717, 1.165) is 0 Å². The van der Waals surface area contributed by atoms with Crippen LogP contribution in [0.5, 0.6) is 0 Å². The lowest BCUT2D eigenvalue weighted by Gasteiger charge is -2.30. The molecule has 0 radical (unpaired) electrons. The van der Waals surface area contributed by atoms with Crippen LogP contribution in [0, 0.1) is 0 Å². The van der Waals surface area contributed by atoms with Gasteiger partial charge in [-0.05, 0) is 0 Å². The Bertz CT molecular complexity index is 151. The van der Waals surface area contributed by atoms with Crippen LogP contribution in [0.1, 0.15) is 0 Å². The lowest BCUT2D eigenvalue weighted by molar-refractivity contribution is 0.115. The number of amides is 1. The van der Waals surface area contributed by atoms with E-state index in [1.54, 1.807) is 0 Å². The van der Waals surface area contributed by atoms with Crippen LogP contribution >= 0.6 is 0 Å². The van der Waals surface area contributed by atoms with Gasteiger partial charge in [-0.2, -0.15) is 0 Å². The highest BCUT2D eigenvalue weighted by Gasteiger charge is 2.21. The molecule has 5 nitrogen and oxygen atoms in total. The van der Waals surface area contributed by atoms with Gasteiger partial charge in [0.2, 0.25) is 0 Å². The molecule has 1 fully saturated rings. The van der Waals surface area contributed by atoms with Crippen molar-refractivity contribution in [1.29, 1.82) is 0 Å². The second-order valence-electron chi connectivity index (χ2n) is 2.56. The first-order valence-electron chi connectivity index (χ1n) is 3.56. The number of hydrogen-bond donors (Lipinski definition) is 3. The number of nitrogens with one attached hydrogen (secondary N) is 1. The third-order valence-electron chi connectivity index (χ3n) is 1.75. The van der Waals surface area contributed by atoms with Gasteiger partial charge in [-0.25, -0.2) is 4.79 Å². The Morgan fingerprint density at radius 3 is 3.00 bits per heavy atom. The lowest BCUT2D eigenvalue weighted by Crippen LogP contribution is -2.53. The normalized spacial score (nSPS) is 25.2. The Balaban J connectivity index is 2.39. The summed E-state index contributed by atoms with van der Waals surface area (Å²) in [7, 11) is 0. The Morgan fingerprint density at radius 2 is 2.45 bits per heavy atom. The summed E-state index contributed by atoms with van der Waals surface area (Å²) < 4.78 is 0. The highest BCUT2D eigenvalue weighted by Crippen LogP contribution is 1.97. The quantitative estimate of drug-likeness (QED) is 0.456. The molecular formula is C6H12N2O3. The summed E-state index contributed by atoms with van der Waals surface area (Å²) in [5.41, 5.74) is 0. The molecule has 1 amide bonds. The van der Waals surface area contributed by atoms with E-state index in [2.05, 4.69) is 5.32 Å². The molecule has 0 saturated carbocycles. The third-order valence-corrected chi connectivity index (χ3v) is 1.75. The fourth-order valence-corrected chi connectivity index (χ4v) is 1.12. The van der Waals surface area contributed by atoms with Crippen molar-refractivity contribution in [3.8, 4) is 0 Å². The minimum absolute atomic E-state index is 0.0101. The molecule has 5 heteroatoms. The fourth-order valence-electron chi connectivity index (χ4n) is 1.12. The van der Waals surface area contributed by atoms with Gasteiger partial charge in [-0.15, -0.1) is 0 Å². The smallest absolute Gasteiger partial charge is 0.407 e. The highest BCUT2D eigenvalue weighted by molar-refractivity contribution is 5.65. The van der Waals surface area contributed by atoms with Crippen molar-refractivity contribution in [3.05, 3.63) is 0 Å². The van der Waals surface area contributed by atoms with E-state index in [1.165, 1.54) is 4.90 Å². The summed E-state index contributed by atoms with van der Waals surface area (Å²) in [5.74, 6) is 0. The van der Waals surface area contributed by atoms with Gasteiger partial charge in [0.1, 0.15) is 0 Å².